The molecular weight excluding hydrogens is 256 g/mol. The standard InChI is InChI=1S/C12H22O3S2/c1-4-12(5-2,7-6-8-13)17-16-9-10(3)11(14)15/h8,10H,4-7,9H2,1-3H3,(H,14,15). The number of carbonyl (C=O) groups is 2. The van der Waals surface area contributed by atoms with Crippen molar-refractivity contribution in [2.75, 3.05) is 5.75 Å². The fraction of sp³-hybridized carbons (Fsp3) is 0.833. The molecule has 0 aromatic heterocycles. The fourth-order valence-corrected chi connectivity index (χ4v) is 5.04. The zero-order valence-electron chi connectivity index (χ0n) is 10.8. The van der Waals surface area contributed by atoms with Crippen molar-refractivity contribution in [2.45, 2.75) is 51.2 Å². The highest BCUT2D eigenvalue weighted by molar-refractivity contribution is 8.77. The average Bonchev–Trinajstić information content (AvgIpc) is 2.33. The van der Waals surface area contributed by atoms with Gasteiger partial charge in [-0.1, -0.05) is 42.4 Å². The Morgan fingerprint density at radius 2 is 2.00 bits per heavy atom. The molecule has 100 valence electrons. The number of rotatable bonds is 10. The van der Waals surface area contributed by atoms with Gasteiger partial charge in [0.1, 0.15) is 6.29 Å². The molecule has 3 nitrogen and oxygen atoms in total. The quantitative estimate of drug-likeness (QED) is 0.488. The number of carboxylic acid groups (broad SMARTS) is 1. The van der Waals surface area contributed by atoms with Crippen LogP contribution in [0.25, 0.3) is 0 Å². The van der Waals surface area contributed by atoms with E-state index in [9.17, 15) is 9.59 Å². The Labute approximate surface area is 112 Å². The Balaban J connectivity index is 4.16. The lowest BCUT2D eigenvalue weighted by atomic mass is 9.97. The molecule has 0 fully saturated rings. The van der Waals surface area contributed by atoms with Crippen LogP contribution in [0, 0.1) is 5.92 Å². The second-order valence-electron chi connectivity index (χ2n) is 4.20. The van der Waals surface area contributed by atoms with Crippen LogP contribution in [-0.2, 0) is 9.59 Å². The van der Waals surface area contributed by atoms with Gasteiger partial charge in [0, 0.05) is 16.9 Å². The summed E-state index contributed by atoms with van der Waals surface area (Å²) in [6, 6.07) is 0. The van der Waals surface area contributed by atoms with Gasteiger partial charge >= 0.3 is 5.97 Å². The maximum Gasteiger partial charge on any atom is 0.307 e. The SMILES string of the molecule is CCC(CC)(CCC=O)SSCC(C)C(=O)O. The third-order valence-electron chi connectivity index (χ3n) is 2.98. The molecule has 0 bridgehead atoms. The zero-order chi connectivity index (χ0) is 13.3. The molecule has 1 unspecified atom stereocenters. The van der Waals surface area contributed by atoms with E-state index in [1.807, 2.05) is 0 Å². The van der Waals surface area contributed by atoms with Crippen LogP contribution in [0.3, 0.4) is 0 Å². The maximum absolute atomic E-state index is 10.7. The predicted octanol–water partition coefficient (Wildman–Crippen LogP) is 3.63. The number of carboxylic acids is 1. The highest BCUT2D eigenvalue weighted by atomic mass is 33.1. The van der Waals surface area contributed by atoms with Crippen molar-refractivity contribution in [2.24, 2.45) is 5.92 Å². The third-order valence-corrected chi connectivity index (χ3v) is 6.69. The van der Waals surface area contributed by atoms with Crippen LogP contribution in [0.2, 0.25) is 0 Å². The molecule has 0 aliphatic heterocycles. The highest BCUT2D eigenvalue weighted by Crippen LogP contribution is 2.44. The van der Waals surface area contributed by atoms with E-state index in [1.54, 1.807) is 28.5 Å². The minimum absolute atomic E-state index is 0.115. The van der Waals surface area contributed by atoms with Crippen LogP contribution in [-0.4, -0.2) is 27.9 Å². The molecule has 5 heteroatoms. The van der Waals surface area contributed by atoms with Crippen LogP contribution < -0.4 is 0 Å². The summed E-state index contributed by atoms with van der Waals surface area (Å²) < 4.78 is 0.115. The summed E-state index contributed by atoms with van der Waals surface area (Å²) >= 11 is 0. The molecule has 0 aliphatic carbocycles. The molecule has 0 aliphatic rings. The first-order valence-corrected chi connectivity index (χ1v) is 8.30. The molecule has 0 saturated heterocycles. The van der Waals surface area contributed by atoms with Crippen molar-refractivity contribution in [1.82, 2.24) is 0 Å². The number of aldehydes is 1. The molecule has 17 heavy (non-hydrogen) atoms. The van der Waals surface area contributed by atoms with Crippen molar-refractivity contribution < 1.29 is 14.7 Å². The molecule has 0 saturated carbocycles. The van der Waals surface area contributed by atoms with E-state index in [4.69, 9.17) is 5.11 Å². The molecule has 0 aromatic carbocycles. The topological polar surface area (TPSA) is 54.4 Å². The van der Waals surface area contributed by atoms with Gasteiger partial charge in [-0.05, 0) is 19.3 Å². The Bertz CT molecular complexity index is 240. The summed E-state index contributed by atoms with van der Waals surface area (Å²) in [6.45, 7) is 5.98. The molecule has 0 spiro atoms. The Morgan fingerprint density at radius 3 is 2.41 bits per heavy atom. The number of hydrogen-bond acceptors (Lipinski definition) is 4. The van der Waals surface area contributed by atoms with E-state index in [1.165, 1.54) is 0 Å². The van der Waals surface area contributed by atoms with Gasteiger partial charge in [-0.2, -0.15) is 0 Å². The normalized spacial score (nSPS) is 13.4. The Morgan fingerprint density at radius 1 is 1.41 bits per heavy atom. The summed E-state index contributed by atoms with van der Waals surface area (Å²) in [5.41, 5.74) is 0. The lowest BCUT2D eigenvalue weighted by molar-refractivity contribution is -0.140. The van der Waals surface area contributed by atoms with Crippen LogP contribution in [0.5, 0.6) is 0 Å². The molecule has 1 N–H and O–H groups in total. The monoisotopic (exact) mass is 278 g/mol. The summed E-state index contributed by atoms with van der Waals surface area (Å²) in [5.74, 6) is -0.447. The molecule has 0 radical (unpaired) electrons. The van der Waals surface area contributed by atoms with E-state index in [0.29, 0.717) is 12.2 Å². The zero-order valence-corrected chi connectivity index (χ0v) is 12.4. The molecule has 0 aromatic rings. The summed E-state index contributed by atoms with van der Waals surface area (Å²) in [7, 11) is 3.37. The second-order valence-corrected chi connectivity index (χ2v) is 7.01. The number of aliphatic carboxylic acids is 1. The summed E-state index contributed by atoms with van der Waals surface area (Å²) in [6.07, 6.45) is 4.45. The Hall–Kier alpha value is -0.160. The van der Waals surface area contributed by atoms with Crippen LogP contribution >= 0.6 is 21.6 Å². The van der Waals surface area contributed by atoms with Crippen molar-refractivity contribution in [3.8, 4) is 0 Å². The van der Waals surface area contributed by atoms with Gasteiger partial charge in [0.25, 0.3) is 0 Å². The van der Waals surface area contributed by atoms with Crippen molar-refractivity contribution in [3.63, 3.8) is 0 Å². The van der Waals surface area contributed by atoms with Gasteiger partial charge in [-0.3, -0.25) is 4.79 Å². The Kier molecular flexibility index (Phi) is 8.78. The summed E-state index contributed by atoms with van der Waals surface area (Å²) in [5, 5.41) is 8.80. The van der Waals surface area contributed by atoms with Crippen LogP contribution in [0.1, 0.15) is 46.5 Å². The number of carbonyl (C=O) groups excluding carboxylic acids is 1. The van der Waals surface area contributed by atoms with E-state index < -0.39 is 5.97 Å². The summed E-state index contributed by atoms with van der Waals surface area (Å²) in [4.78, 5) is 21.2. The van der Waals surface area contributed by atoms with E-state index in [-0.39, 0.29) is 10.7 Å². The van der Waals surface area contributed by atoms with Crippen LogP contribution in [0.4, 0.5) is 0 Å². The smallest absolute Gasteiger partial charge is 0.307 e. The molecule has 1 atom stereocenters. The lowest BCUT2D eigenvalue weighted by Gasteiger charge is -2.30. The average molecular weight is 278 g/mol. The van der Waals surface area contributed by atoms with Crippen molar-refractivity contribution >= 4 is 33.8 Å². The van der Waals surface area contributed by atoms with Crippen molar-refractivity contribution in [1.29, 1.82) is 0 Å². The van der Waals surface area contributed by atoms with E-state index in [2.05, 4.69) is 13.8 Å². The van der Waals surface area contributed by atoms with E-state index >= 15 is 0 Å². The predicted molar refractivity (Wildman–Crippen MR) is 75.5 cm³/mol. The molecule has 0 heterocycles. The molecular formula is C12H22O3S2. The first-order valence-electron chi connectivity index (χ1n) is 5.98. The van der Waals surface area contributed by atoms with Crippen LogP contribution in [0.15, 0.2) is 0 Å². The van der Waals surface area contributed by atoms with Gasteiger partial charge in [0.2, 0.25) is 0 Å². The first-order chi connectivity index (χ1) is 8.01. The highest BCUT2D eigenvalue weighted by Gasteiger charge is 2.27. The molecule has 0 amide bonds. The third kappa shape index (κ3) is 6.36. The first kappa shape index (κ1) is 16.8. The largest absolute Gasteiger partial charge is 0.481 e. The van der Waals surface area contributed by atoms with E-state index in [0.717, 1.165) is 25.5 Å². The van der Waals surface area contributed by atoms with Gasteiger partial charge in [-0.15, -0.1) is 0 Å². The molecule has 0 rings (SSSR count). The minimum atomic E-state index is -0.746. The van der Waals surface area contributed by atoms with Gasteiger partial charge in [-0.25, -0.2) is 0 Å². The van der Waals surface area contributed by atoms with Crippen molar-refractivity contribution in [3.05, 3.63) is 0 Å². The fourth-order valence-electron chi connectivity index (χ4n) is 1.42. The maximum atomic E-state index is 10.7. The lowest BCUT2D eigenvalue weighted by Crippen LogP contribution is -2.22. The van der Waals surface area contributed by atoms with Gasteiger partial charge < -0.3 is 9.90 Å². The van der Waals surface area contributed by atoms with Gasteiger partial charge in [0.15, 0.2) is 0 Å². The second kappa shape index (κ2) is 8.86. The van der Waals surface area contributed by atoms with Gasteiger partial charge in [0.05, 0.1) is 5.92 Å². The number of hydrogen-bond donors (Lipinski definition) is 1. The minimum Gasteiger partial charge on any atom is -0.481 e.